The minimum absolute atomic E-state index is 0.0464. The molecular weight excluding hydrogens is 458 g/mol. The zero-order valence-corrected chi connectivity index (χ0v) is 21.5. The molecule has 4 rings (SSSR count). The Morgan fingerprint density at radius 2 is 2.08 bits per heavy atom. The number of nitrogens with zero attached hydrogens (tertiary/aromatic N) is 7. The molecule has 0 radical (unpaired) electrons. The van der Waals surface area contributed by atoms with E-state index in [0.29, 0.717) is 49.4 Å². The number of amides is 1. The molecule has 0 saturated carbocycles. The van der Waals surface area contributed by atoms with Gasteiger partial charge in [-0.2, -0.15) is 15.3 Å². The number of hydrogen-bond acceptors (Lipinski definition) is 9. The van der Waals surface area contributed by atoms with Crippen LogP contribution in [0.25, 0.3) is 0 Å². The molecule has 2 aliphatic rings. The molecule has 0 spiro atoms. The minimum Gasteiger partial charge on any atom is -0.486 e. The summed E-state index contributed by atoms with van der Waals surface area (Å²) in [6.45, 7) is 9.25. The lowest BCUT2D eigenvalue weighted by Crippen LogP contribution is -2.45. The molecule has 0 aromatic carbocycles. The molecule has 1 amide bonds. The number of carbonyl (C=O) groups is 1. The van der Waals surface area contributed by atoms with E-state index >= 15 is 0 Å². The van der Waals surface area contributed by atoms with Crippen molar-refractivity contribution in [3.05, 3.63) is 36.0 Å². The Morgan fingerprint density at radius 3 is 2.83 bits per heavy atom. The van der Waals surface area contributed by atoms with Crippen molar-refractivity contribution in [1.82, 2.24) is 29.5 Å². The van der Waals surface area contributed by atoms with Crippen LogP contribution in [0.3, 0.4) is 0 Å². The van der Waals surface area contributed by atoms with E-state index in [2.05, 4.69) is 38.6 Å². The van der Waals surface area contributed by atoms with Gasteiger partial charge in [-0.25, -0.2) is 4.98 Å². The van der Waals surface area contributed by atoms with Gasteiger partial charge in [-0.3, -0.25) is 9.48 Å². The number of carbonyl (C=O) groups excluding carboxylic acids is 1. The van der Waals surface area contributed by atoms with Gasteiger partial charge in [0.1, 0.15) is 17.5 Å². The van der Waals surface area contributed by atoms with Gasteiger partial charge in [0.05, 0.1) is 29.9 Å². The van der Waals surface area contributed by atoms with E-state index in [-0.39, 0.29) is 5.91 Å². The van der Waals surface area contributed by atoms with Crippen molar-refractivity contribution >= 4 is 23.4 Å². The summed E-state index contributed by atoms with van der Waals surface area (Å²) in [7, 11) is 2.15. The van der Waals surface area contributed by atoms with Gasteiger partial charge >= 0.3 is 0 Å². The van der Waals surface area contributed by atoms with Crippen LogP contribution >= 0.6 is 0 Å². The zero-order valence-electron chi connectivity index (χ0n) is 21.5. The zero-order chi connectivity index (χ0) is 25.7. The largest absolute Gasteiger partial charge is 0.486 e. The topological polar surface area (TPSA) is 124 Å². The number of rotatable bonds is 8. The van der Waals surface area contributed by atoms with Gasteiger partial charge in [-0.15, -0.1) is 0 Å². The van der Waals surface area contributed by atoms with Gasteiger partial charge in [0.2, 0.25) is 5.95 Å². The number of nitrogens with one attached hydrogen (secondary N) is 2. The predicted molar refractivity (Wildman–Crippen MR) is 137 cm³/mol. The van der Waals surface area contributed by atoms with Crippen LogP contribution in [0.4, 0.5) is 17.5 Å². The number of piperidine rings is 1. The second kappa shape index (κ2) is 11.0. The second-order valence-electron chi connectivity index (χ2n) is 9.87. The number of likely N-dealkylation sites (tertiary alicyclic amines) is 1. The van der Waals surface area contributed by atoms with Gasteiger partial charge in [0, 0.05) is 25.8 Å². The third-order valence-electron chi connectivity index (χ3n) is 6.62. The van der Waals surface area contributed by atoms with Crippen molar-refractivity contribution in [3.8, 4) is 6.07 Å². The van der Waals surface area contributed by atoms with Crippen LogP contribution in [-0.2, 0) is 9.53 Å². The fourth-order valence-electron chi connectivity index (χ4n) is 4.40. The van der Waals surface area contributed by atoms with E-state index < -0.39 is 5.60 Å². The normalized spacial score (nSPS) is 18.4. The molecule has 36 heavy (non-hydrogen) atoms. The Bertz CT molecular complexity index is 1140. The van der Waals surface area contributed by atoms with E-state index in [1.165, 1.54) is 6.20 Å². The highest BCUT2D eigenvalue weighted by molar-refractivity contribution is 5.85. The molecular formula is C25H35N9O2. The molecule has 2 aliphatic heterocycles. The first-order valence-corrected chi connectivity index (χ1v) is 12.4. The van der Waals surface area contributed by atoms with Crippen LogP contribution in [-0.4, -0.2) is 80.8 Å². The average Bonchev–Trinajstić information content (AvgIpc) is 3.16. The Morgan fingerprint density at radius 1 is 1.31 bits per heavy atom. The quantitative estimate of drug-likeness (QED) is 0.534. The van der Waals surface area contributed by atoms with E-state index in [1.54, 1.807) is 25.0 Å². The minimum atomic E-state index is -0.874. The first-order chi connectivity index (χ1) is 17.3. The molecule has 2 N–H and O–H groups in total. The fourth-order valence-corrected chi connectivity index (χ4v) is 4.40. The molecule has 4 heterocycles. The van der Waals surface area contributed by atoms with Crippen molar-refractivity contribution in [3.63, 3.8) is 0 Å². The van der Waals surface area contributed by atoms with Gasteiger partial charge in [-0.1, -0.05) is 0 Å². The summed E-state index contributed by atoms with van der Waals surface area (Å²) >= 11 is 0. The maximum Gasteiger partial charge on any atom is 0.266 e. The third kappa shape index (κ3) is 5.94. The van der Waals surface area contributed by atoms with E-state index in [4.69, 9.17) is 9.84 Å². The van der Waals surface area contributed by atoms with Crippen molar-refractivity contribution in [1.29, 1.82) is 5.26 Å². The molecule has 2 aromatic rings. The molecule has 2 aromatic heterocycles. The molecule has 0 aliphatic carbocycles. The number of hydrogen-bond donors (Lipinski definition) is 2. The van der Waals surface area contributed by atoms with Crippen molar-refractivity contribution in [2.45, 2.75) is 51.7 Å². The smallest absolute Gasteiger partial charge is 0.266 e. The highest BCUT2D eigenvalue weighted by Crippen LogP contribution is 2.26. The highest BCUT2D eigenvalue weighted by Gasteiger charge is 2.34. The monoisotopic (exact) mass is 493 g/mol. The summed E-state index contributed by atoms with van der Waals surface area (Å²) in [5, 5.41) is 20.7. The van der Waals surface area contributed by atoms with Crippen molar-refractivity contribution < 1.29 is 9.53 Å². The highest BCUT2D eigenvalue weighted by atomic mass is 16.5. The maximum atomic E-state index is 12.7. The van der Waals surface area contributed by atoms with E-state index in [0.717, 1.165) is 37.3 Å². The van der Waals surface area contributed by atoms with Gasteiger partial charge in [-0.05, 0) is 66.2 Å². The van der Waals surface area contributed by atoms with Crippen LogP contribution in [0.15, 0.2) is 24.7 Å². The molecule has 0 bridgehead atoms. The van der Waals surface area contributed by atoms with Gasteiger partial charge in [0.25, 0.3) is 5.91 Å². The lowest BCUT2D eigenvalue weighted by atomic mass is 10.1. The van der Waals surface area contributed by atoms with Crippen molar-refractivity contribution in [2.24, 2.45) is 0 Å². The summed E-state index contributed by atoms with van der Waals surface area (Å²) in [4.78, 5) is 25.6. The molecule has 11 nitrogen and oxygen atoms in total. The lowest BCUT2D eigenvalue weighted by molar-refractivity contribution is -0.146. The van der Waals surface area contributed by atoms with E-state index in [1.807, 2.05) is 23.9 Å². The SMILES string of the molecule is Cc1nn(C2CCN(C)CC2)cc1Nc1ncc(C#N)c(NCCCN2CC=COC(C)(C)C2=O)n1. The number of aromatic nitrogens is 4. The summed E-state index contributed by atoms with van der Waals surface area (Å²) in [6, 6.07) is 2.53. The first kappa shape index (κ1) is 25.4. The molecule has 1 saturated heterocycles. The van der Waals surface area contributed by atoms with Crippen molar-refractivity contribution in [2.75, 3.05) is 50.4 Å². The predicted octanol–water partition coefficient (Wildman–Crippen LogP) is 2.82. The van der Waals surface area contributed by atoms with Crippen LogP contribution in [0.2, 0.25) is 0 Å². The Hall–Kier alpha value is -3.65. The fraction of sp³-hybridized carbons (Fsp3) is 0.560. The Balaban J connectivity index is 1.36. The average molecular weight is 494 g/mol. The Kier molecular flexibility index (Phi) is 7.74. The molecule has 192 valence electrons. The summed E-state index contributed by atoms with van der Waals surface area (Å²) < 4.78 is 7.53. The van der Waals surface area contributed by atoms with Crippen LogP contribution in [0.1, 0.15) is 50.4 Å². The summed E-state index contributed by atoms with van der Waals surface area (Å²) in [5.41, 5.74) is 1.21. The summed E-state index contributed by atoms with van der Waals surface area (Å²) in [6.07, 6.45) is 9.78. The third-order valence-corrected chi connectivity index (χ3v) is 6.62. The molecule has 0 unspecified atom stereocenters. The van der Waals surface area contributed by atoms with Crippen LogP contribution < -0.4 is 10.6 Å². The molecule has 0 atom stereocenters. The van der Waals surface area contributed by atoms with Crippen LogP contribution in [0.5, 0.6) is 0 Å². The van der Waals surface area contributed by atoms with Crippen LogP contribution in [0, 0.1) is 18.3 Å². The number of nitriles is 1. The first-order valence-electron chi connectivity index (χ1n) is 12.4. The number of aryl methyl sites for hydroxylation is 1. The summed E-state index contributed by atoms with van der Waals surface area (Å²) in [5.74, 6) is 0.810. The lowest BCUT2D eigenvalue weighted by Gasteiger charge is -2.28. The maximum absolute atomic E-state index is 12.7. The molecule has 11 heteroatoms. The standard InChI is InChI=1S/C25H35N9O2/c1-18-21(17-34(31-18)20-7-12-32(4)13-8-20)29-24-28-16-19(15-26)22(30-24)27-9-5-10-33-11-6-14-36-25(2,3)23(33)35/h6,14,16-17,20H,5,7-13H2,1-4H3,(H2,27,28,29,30). The Labute approximate surface area is 212 Å². The van der Waals surface area contributed by atoms with Gasteiger partial charge in [0.15, 0.2) is 5.60 Å². The number of anilines is 3. The second-order valence-corrected chi connectivity index (χ2v) is 9.87. The van der Waals surface area contributed by atoms with Gasteiger partial charge < -0.3 is 25.2 Å². The molecule has 1 fully saturated rings. The number of ether oxygens (including phenoxy) is 1. The van der Waals surface area contributed by atoms with E-state index in [9.17, 15) is 10.1 Å².